The number of anilines is 4. The molecular formula is C57H57N5O8. The van der Waals surface area contributed by atoms with Gasteiger partial charge in [-0.25, -0.2) is 14.6 Å². The molecule has 7 aromatic rings. The normalized spacial score (nSPS) is 11.6. The third kappa shape index (κ3) is 13.4. The number of para-hydroxylation sites is 2. The fourth-order valence-electron chi connectivity index (χ4n) is 7.73. The monoisotopic (exact) mass is 939 g/mol. The molecule has 1 aromatic heterocycles. The Morgan fingerprint density at radius 2 is 0.843 bits per heavy atom. The second-order valence-corrected chi connectivity index (χ2v) is 16.5. The van der Waals surface area contributed by atoms with Gasteiger partial charge in [0.2, 0.25) is 0 Å². The van der Waals surface area contributed by atoms with Gasteiger partial charge in [-0.15, -0.1) is 0 Å². The number of nitrogens with zero attached hydrogens (tertiary/aromatic N) is 3. The van der Waals surface area contributed by atoms with Gasteiger partial charge in [0.05, 0.1) is 27.3 Å². The summed E-state index contributed by atoms with van der Waals surface area (Å²) in [6.07, 6.45) is 0.660. The average Bonchev–Trinajstić information content (AvgIpc) is 3.41. The quantitative estimate of drug-likeness (QED) is 0.0439. The first-order chi connectivity index (χ1) is 34.1. The summed E-state index contributed by atoms with van der Waals surface area (Å²) in [4.78, 5) is 61.4. The fourth-order valence-corrected chi connectivity index (χ4v) is 7.73. The number of rotatable bonds is 24. The Labute approximate surface area is 409 Å². The number of likely N-dealkylation sites (N-methyl/N-ethyl adjacent to an activating group) is 2. The third-order valence-corrected chi connectivity index (χ3v) is 11.7. The van der Waals surface area contributed by atoms with Gasteiger partial charge in [-0.05, 0) is 71.8 Å². The van der Waals surface area contributed by atoms with Crippen molar-refractivity contribution >= 4 is 46.5 Å². The zero-order valence-electron chi connectivity index (χ0n) is 39.7. The highest BCUT2D eigenvalue weighted by Crippen LogP contribution is 2.25. The first-order valence-corrected chi connectivity index (χ1v) is 23.0. The lowest BCUT2D eigenvalue weighted by molar-refractivity contribution is -0.142. The molecule has 2 unspecified atom stereocenters. The number of methoxy groups -OCH3 is 2. The number of aromatic nitrogens is 1. The van der Waals surface area contributed by atoms with Gasteiger partial charge in [0.25, 0.3) is 0 Å². The van der Waals surface area contributed by atoms with Gasteiger partial charge in [0.1, 0.15) is 48.4 Å². The lowest BCUT2D eigenvalue weighted by Crippen LogP contribution is -2.33. The minimum absolute atomic E-state index is 0.142. The molecule has 0 saturated heterocycles. The molecule has 13 nitrogen and oxygen atoms in total. The summed E-state index contributed by atoms with van der Waals surface area (Å²) >= 11 is 0. The number of hydrogen-bond acceptors (Lipinski definition) is 13. The molecule has 2 atom stereocenters. The molecule has 6 aromatic carbocycles. The predicted molar refractivity (Wildman–Crippen MR) is 274 cm³/mol. The highest BCUT2D eigenvalue weighted by Gasteiger charge is 2.24. The number of nitrogens with one attached hydrogen (secondary N) is 2. The van der Waals surface area contributed by atoms with E-state index in [0.717, 1.165) is 22.8 Å². The Balaban J connectivity index is 0.862. The maximum Gasteiger partial charge on any atom is 0.328 e. The van der Waals surface area contributed by atoms with Crippen LogP contribution in [0.3, 0.4) is 0 Å². The number of benzene rings is 6. The minimum Gasteiger partial charge on any atom is -0.492 e. The van der Waals surface area contributed by atoms with Crippen molar-refractivity contribution in [3.8, 4) is 11.5 Å². The van der Waals surface area contributed by atoms with Crippen molar-refractivity contribution in [1.29, 1.82) is 0 Å². The van der Waals surface area contributed by atoms with Gasteiger partial charge < -0.3 is 39.4 Å². The third-order valence-electron chi connectivity index (χ3n) is 11.7. The molecule has 13 heteroatoms. The average molecular weight is 940 g/mol. The van der Waals surface area contributed by atoms with Gasteiger partial charge in [0.15, 0.2) is 11.6 Å². The summed E-state index contributed by atoms with van der Waals surface area (Å²) < 4.78 is 22.5. The van der Waals surface area contributed by atoms with Crippen molar-refractivity contribution < 1.29 is 38.1 Å². The molecule has 7 rings (SSSR count). The van der Waals surface area contributed by atoms with Crippen LogP contribution in [0.4, 0.5) is 23.0 Å². The number of ketones is 2. The Bertz CT molecular complexity index is 2640. The largest absolute Gasteiger partial charge is 0.492 e. The van der Waals surface area contributed by atoms with Gasteiger partial charge in [-0.2, -0.15) is 0 Å². The molecule has 0 bridgehead atoms. The molecule has 0 fully saturated rings. The van der Waals surface area contributed by atoms with Crippen LogP contribution in [0, 0.1) is 0 Å². The molecule has 0 aliphatic heterocycles. The molecule has 70 heavy (non-hydrogen) atoms. The first kappa shape index (κ1) is 49.5. The summed E-state index contributed by atoms with van der Waals surface area (Å²) in [7, 11) is 6.63. The Kier molecular flexibility index (Phi) is 17.3. The molecule has 0 aliphatic rings. The van der Waals surface area contributed by atoms with Gasteiger partial charge in [-0.1, -0.05) is 115 Å². The van der Waals surface area contributed by atoms with Crippen molar-refractivity contribution in [3.05, 3.63) is 209 Å². The van der Waals surface area contributed by atoms with E-state index in [1.165, 1.54) is 14.2 Å². The molecule has 358 valence electrons. The lowest BCUT2D eigenvalue weighted by Gasteiger charge is -2.23. The summed E-state index contributed by atoms with van der Waals surface area (Å²) in [6, 6.07) is 51.9. The van der Waals surface area contributed by atoms with E-state index in [9.17, 15) is 19.2 Å². The lowest BCUT2D eigenvalue weighted by atomic mass is 10.00. The SMILES string of the molecule is COC(=O)C(Cc1ccc(OCCN(C)c2cccc(N(C)CCOc3ccc(CC(Nc4ccccc4C(=O)c4ccccc4)C(=O)OC)cc3)n2)cc1)Nc1ccccc1C(=O)c1ccccc1. The second-order valence-electron chi connectivity index (χ2n) is 16.5. The van der Waals surface area contributed by atoms with Crippen LogP contribution in [0.1, 0.15) is 43.0 Å². The topological polar surface area (TPSA) is 149 Å². The predicted octanol–water partition coefficient (Wildman–Crippen LogP) is 8.97. The van der Waals surface area contributed by atoms with E-state index in [4.69, 9.17) is 23.9 Å². The summed E-state index contributed by atoms with van der Waals surface area (Å²) in [5, 5.41) is 6.51. The van der Waals surface area contributed by atoms with E-state index >= 15 is 0 Å². The van der Waals surface area contributed by atoms with Crippen LogP contribution in [0.2, 0.25) is 0 Å². The standard InChI is InChI=1S/C57H57N5O8/c1-61(34-36-69-44-30-26-40(27-31-44)38-50(56(65)67-3)58-48-22-13-11-20-46(48)54(63)42-16-7-5-8-17-42)52-24-15-25-53(60-52)62(2)35-37-70-45-32-28-41(29-33-45)39-51(57(66)68-4)59-49-23-14-12-21-47(49)55(64)43-18-9-6-10-19-43/h5-33,50-51,58-59H,34-39H2,1-4H3. The van der Waals surface area contributed by atoms with Gasteiger partial charge in [-0.3, -0.25) is 9.59 Å². The molecular weight excluding hydrogens is 883 g/mol. The highest BCUT2D eigenvalue weighted by molar-refractivity contribution is 6.13. The van der Waals surface area contributed by atoms with Crippen LogP contribution < -0.4 is 29.9 Å². The Hall–Kier alpha value is -8.45. The number of carbonyl (C=O) groups excluding carboxylic acids is 4. The van der Waals surface area contributed by atoms with Crippen LogP contribution in [0.15, 0.2) is 176 Å². The van der Waals surface area contributed by atoms with Crippen LogP contribution in [-0.4, -0.2) is 95.2 Å². The van der Waals surface area contributed by atoms with E-state index in [1.807, 2.05) is 139 Å². The highest BCUT2D eigenvalue weighted by atomic mass is 16.5. The van der Waals surface area contributed by atoms with Gasteiger partial charge in [0, 0.05) is 60.6 Å². The van der Waals surface area contributed by atoms with Crippen molar-refractivity contribution in [2.24, 2.45) is 0 Å². The smallest absolute Gasteiger partial charge is 0.328 e. The van der Waals surface area contributed by atoms with Crippen LogP contribution in [0.25, 0.3) is 0 Å². The number of hydrogen-bond donors (Lipinski definition) is 2. The van der Waals surface area contributed by atoms with E-state index in [2.05, 4.69) is 10.6 Å². The van der Waals surface area contributed by atoms with Crippen molar-refractivity contribution in [2.75, 3.05) is 75.1 Å². The molecule has 2 N–H and O–H groups in total. The Morgan fingerprint density at radius 3 is 1.23 bits per heavy atom. The maximum absolute atomic E-state index is 13.3. The van der Waals surface area contributed by atoms with Crippen LogP contribution in [0.5, 0.6) is 11.5 Å². The number of ether oxygens (including phenoxy) is 4. The second kappa shape index (κ2) is 24.5. The van der Waals surface area contributed by atoms with Gasteiger partial charge >= 0.3 is 11.9 Å². The zero-order chi connectivity index (χ0) is 49.2. The molecule has 0 radical (unpaired) electrons. The van der Waals surface area contributed by atoms with E-state index in [-0.39, 0.29) is 11.6 Å². The minimum atomic E-state index is -0.732. The molecule has 0 aliphatic carbocycles. The summed E-state index contributed by atoms with van der Waals surface area (Å²) in [5.74, 6) is 1.79. The number of pyridine rings is 1. The number of carbonyl (C=O) groups is 4. The van der Waals surface area contributed by atoms with Crippen molar-refractivity contribution in [3.63, 3.8) is 0 Å². The maximum atomic E-state index is 13.3. The summed E-state index contributed by atoms with van der Waals surface area (Å²) in [5.41, 5.74) is 4.93. The van der Waals surface area contributed by atoms with Crippen molar-refractivity contribution in [1.82, 2.24) is 4.98 Å². The van der Waals surface area contributed by atoms with Crippen LogP contribution in [-0.2, 0) is 31.9 Å². The Morgan fingerprint density at radius 1 is 0.471 bits per heavy atom. The zero-order valence-corrected chi connectivity index (χ0v) is 39.7. The molecule has 0 spiro atoms. The molecule has 0 amide bonds. The van der Waals surface area contributed by atoms with Crippen LogP contribution >= 0.6 is 0 Å². The fraction of sp³-hybridized carbons (Fsp3) is 0.211. The van der Waals surface area contributed by atoms with E-state index < -0.39 is 24.0 Å². The van der Waals surface area contributed by atoms with E-state index in [1.54, 1.807) is 60.7 Å². The number of esters is 2. The van der Waals surface area contributed by atoms with E-state index in [0.29, 0.717) is 84.3 Å². The van der Waals surface area contributed by atoms with Crippen molar-refractivity contribution in [2.45, 2.75) is 24.9 Å². The molecule has 1 heterocycles. The summed E-state index contributed by atoms with van der Waals surface area (Å²) in [6.45, 7) is 1.97. The molecule has 0 saturated carbocycles. The first-order valence-electron chi connectivity index (χ1n) is 23.0.